The number of quaternary nitrogens is 1. The minimum Gasteiger partial charge on any atom is -0.464 e. The van der Waals surface area contributed by atoms with Crippen molar-refractivity contribution in [2.24, 2.45) is 0 Å². The molecule has 1 fully saturated rings. The van der Waals surface area contributed by atoms with Crippen molar-refractivity contribution in [3.8, 4) is 0 Å². The predicted octanol–water partition coefficient (Wildman–Crippen LogP) is 1.74. The van der Waals surface area contributed by atoms with Crippen molar-refractivity contribution in [2.75, 3.05) is 25.5 Å². The Bertz CT molecular complexity index is 856. The summed E-state index contributed by atoms with van der Waals surface area (Å²) in [5.41, 5.74) is 1.44. The number of nitrogens with one attached hydrogen (secondary N) is 3. The quantitative estimate of drug-likeness (QED) is 0.634. The second kappa shape index (κ2) is 8.00. The average Bonchev–Trinajstić information content (AvgIpc) is 2.97. The van der Waals surface area contributed by atoms with Crippen LogP contribution >= 0.6 is 15.9 Å². The van der Waals surface area contributed by atoms with E-state index in [-0.39, 0.29) is 29.9 Å². The summed E-state index contributed by atoms with van der Waals surface area (Å²) in [6.45, 7) is 7.47. The molecule has 0 radical (unpaired) electrons. The van der Waals surface area contributed by atoms with Gasteiger partial charge in [0, 0.05) is 15.4 Å². The molecule has 1 saturated heterocycles. The number of carbonyl (C=O) groups excluding carboxylic acids is 2. The lowest BCUT2D eigenvalue weighted by Crippen LogP contribution is -3.19. The number of aromatic nitrogens is 1. The van der Waals surface area contributed by atoms with Crippen molar-refractivity contribution in [2.45, 2.75) is 39.0 Å². The SMILES string of the molecule is COC(=O)c1[nH]c2ccc(Br)cc2c1NC(=O)[C@@H](C)[NH+]1C[C@@H](C)O[C@@H](C)C1. The van der Waals surface area contributed by atoms with Crippen LogP contribution in [0.15, 0.2) is 22.7 Å². The summed E-state index contributed by atoms with van der Waals surface area (Å²) in [6, 6.07) is 5.31. The fourth-order valence-corrected chi connectivity index (χ4v) is 4.00. The van der Waals surface area contributed by atoms with E-state index in [1.807, 2.05) is 39.0 Å². The van der Waals surface area contributed by atoms with E-state index >= 15 is 0 Å². The maximum atomic E-state index is 13.0. The summed E-state index contributed by atoms with van der Waals surface area (Å²) in [7, 11) is 1.32. The summed E-state index contributed by atoms with van der Waals surface area (Å²) >= 11 is 3.44. The molecule has 1 aliphatic heterocycles. The van der Waals surface area contributed by atoms with Crippen LogP contribution in [0.2, 0.25) is 0 Å². The van der Waals surface area contributed by atoms with E-state index in [9.17, 15) is 9.59 Å². The minimum atomic E-state index is -0.522. The van der Waals surface area contributed by atoms with Crippen LogP contribution in [0.1, 0.15) is 31.3 Å². The highest BCUT2D eigenvalue weighted by Crippen LogP contribution is 2.30. The van der Waals surface area contributed by atoms with Crippen LogP contribution < -0.4 is 10.2 Å². The molecule has 0 saturated carbocycles. The zero-order chi connectivity index (χ0) is 19.7. The molecule has 0 aliphatic carbocycles. The number of ether oxygens (including phenoxy) is 2. The second-order valence-electron chi connectivity index (χ2n) is 7.09. The molecule has 8 heteroatoms. The number of halogens is 1. The molecule has 3 N–H and O–H groups in total. The van der Waals surface area contributed by atoms with Crippen molar-refractivity contribution in [1.82, 2.24) is 4.98 Å². The predicted molar refractivity (Wildman–Crippen MR) is 106 cm³/mol. The number of anilines is 1. The van der Waals surface area contributed by atoms with Crippen molar-refractivity contribution < 1.29 is 24.0 Å². The Hall–Kier alpha value is -1.90. The Morgan fingerprint density at radius 2 is 2.00 bits per heavy atom. The molecule has 7 nitrogen and oxygen atoms in total. The van der Waals surface area contributed by atoms with E-state index < -0.39 is 5.97 Å². The van der Waals surface area contributed by atoms with Crippen molar-refractivity contribution >= 4 is 44.4 Å². The molecule has 2 aromatic rings. The zero-order valence-corrected chi connectivity index (χ0v) is 17.5. The van der Waals surface area contributed by atoms with Gasteiger partial charge in [-0.2, -0.15) is 0 Å². The van der Waals surface area contributed by atoms with E-state index in [4.69, 9.17) is 9.47 Å². The van der Waals surface area contributed by atoms with Crippen LogP contribution in [0.4, 0.5) is 5.69 Å². The standard InChI is InChI=1S/C19H24BrN3O4/c1-10-8-23(9-11(2)27-10)12(3)18(24)22-16-14-7-13(20)5-6-15(14)21-17(16)19(25)26-4/h5-7,10-12,21H,8-9H2,1-4H3,(H,22,24)/p+1/t10-,11+,12-/m1/s1. The number of H-pyrrole nitrogens is 1. The number of esters is 1. The topological polar surface area (TPSA) is 84.9 Å². The lowest BCUT2D eigenvalue weighted by molar-refractivity contribution is -0.928. The number of benzene rings is 1. The van der Waals surface area contributed by atoms with Gasteiger partial charge >= 0.3 is 5.97 Å². The first-order valence-corrected chi connectivity index (χ1v) is 9.80. The van der Waals surface area contributed by atoms with Crippen molar-refractivity contribution in [1.29, 1.82) is 0 Å². The fourth-order valence-electron chi connectivity index (χ4n) is 3.63. The molecule has 1 unspecified atom stereocenters. The summed E-state index contributed by atoms with van der Waals surface area (Å²) < 4.78 is 11.5. The molecular weight excluding hydrogens is 414 g/mol. The number of morpholine rings is 1. The van der Waals surface area contributed by atoms with Gasteiger partial charge in [-0.05, 0) is 39.0 Å². The monoisotopic (exact) mass is 438 g/mol. The van der Waals surface area contributed by atoms with Gasteiger partial charge in [0.25, 0.3) is 5.91 Å². The number of hydrogen-bond acceptors (Lipinski definition) is 4. The van der Waals surface area contributed by atoms with Crippen LogP contribution in [-0.4, -0.2) is 55.3 Å². The Balaban J connectivity index is 1.89. The molecule has 146 valence electrons. The third-order valence-electron chi connectivity index (χ3n) is 4.97. The van der Waals surface area contributed by atoms with E-state index in [0.717, 1.165) is 28.5 Å². The van der Waals surface area contributed by atoms with Crippen LogP contribution in [-0.2, 0) is 14.3 Å². The van der Waals surface area contributed by atoms with Gasteiger partial charge in [0.15, 0.2) is 6.04 Å². The molecule has 1 aliphatic rings. The van der Waals surface area contributed by atoms with Gasteiger partial charge in [-0.25, -0.2) is 4.79 Å². The van der Waals surface area contributed by atoms with Gasteiger partial charge in [0.2, 0.25) is 0 Å². The molecule has 1 amide bonds. The van der Waals surface area contributed by atoms with E-state index in [1.165, 1.54) is 12.0 Å². The number of aromatic amines is 1. The third kappa shape index (κ3) is 4.17. The Labute approximate surface area is 166 Å². The smallest absolute Gasteiger partial charge is 0.356 e. The largest absolute Gasteiger partial charge is 0.464 e. The Kier molecular flexibility index (Phi) is 5.88. The van der Waals surface area contributed by atoms with E-state index in [1.54, 1.807) is 0 Å². The molecule has 0 spiro atoms. The highest BCUT2D eigenvalue weighted by atomic mass is 79.9. The maximum absolute atomic E-state index is 13.0. The first kappa shape index (κ1) is 19.9. The number of amides is 1. The van der Waals surface area contributed by atoms with E-state index in [2.05, 4.69) is 26.2 Å². The van der Waals surface area contributed by atoms with Crippen LogP contribution in [0.5, 0.6) is 0 Å². The third-order valence-corrected chi connectivity index (χ3v) is 5.46. The Morgan fingerprint density at radius 3 is 2.63 bits per heavy atom. The molecular formula is C19H25BrN3O4+. The summed E-state index contributed by atoms with van der Waals surface area (Å²) in [5.74, 6) is -0.663. The summed E-state index contributed by atoms with van der Waals surface area (Å²) in [4.78, 5) is 29.4. The van der Waals surface area contributed by atoms with Crippen LogP contribution in [0, 0.1) is 0 Å². The number of fused-ring (bicyclic) bond motifs is 1. The number of carbonyl (C=O) groups is 2. The molecule has 1 aromatic carbocycles. The fraction of sp³-hybridized carbons (Fsp3) is 0.474. The van der Waals surface area contributed by atoms with Gasteiger partial charge in [0.1, 0.15) is 31.0 Å². The van der Waals surface area contributed by atoms with Crippen molar-refractivity contribution in [3.05, 3.63) is 28.4 Å². The molecule has 4 atom stereocenters. The summed E-state index contributed by atoms with van der Waals surface area (Å²) in [5, 5.41) is 3.70. The van der Waals surface area contributed by atoms with Gasteiger partial charge < -0.3 is 24.7 Å². The minimum absolute atomic E-state index is 0.105. The van der Waals surface area contributed by atoms with E-state index in [0.29, 0.717) is 5.69 Å². The number of rotatable bonds is 4. The van der Waals surface area contributed by atoms with Gasteiger partial charge in [-0.1, -0.05) is 15.9 Å². The lowest BCUT2D eigenvalue weighted by Gasteiger charge is -2.35. The first-order chi connectivity index (χ1) is 12.8. The molecule has 2 heterocycles. The molecule has 3 rings (SSSR count). The van der Waals surface area contributed by atoms with Crippen LogP contribution in [0.25, 0.3) is 10.9 Å². The highest BCUT2D eigenvalue weighted by molar-refractivity contribution is 9.10. The van der Waals surface area contributed by atoms with Gasteiger partial charge in [-0.15, -0.1) is 0 Å². The summed E-state index contributed by atoms with van der Waals surface area (Å²) in [6.07, 6.45) is 0.211. The normalized spacial score (nSPS) is 23.8. The Morgan fingerprint density at radius 1 is 1.33 bits per heavy atom. The molecule has 27 heavy (non-hydrogen) atoms. The lowest BCUT2D eigenvalue weighted by atomic mass is 10.1. The number of hydrogen-bond donors (Lipinski definition) is 3. The highest BCUT2D eigenvalue weighted by Gasteiger charge is 2.34. The molecule has 1 aromatic heterocycles. The van der Waals surface area contributed by atoms with Gasteiger partial charge in [0.05, 0.1) is 12.8 Å². The second-order valence-corrected chi connectivity index (χ2v) is 8.01. The zero-order valence-electron chi connectivity index (χ0n) is 15.9. The maximum Gasteiger partial charge on any atom is 0.356 e. The average molecular weight is 439 g/mol. The van der Waals surface area contributed by atoms with Crippen molar-refractivity contribution in [3.63, 3.8) is 0 Å². The number of methoxy groups -OCH3 is 1. The van der Waals surface area contributed by atoms with Crippen LogP contribution in [0.3, 0.4) is 0 Å². The van der Waals surface area contributed by atoms with Gasteiger partial charge in [-0.3, -0.25) is 4.79 Å². The first-order valence-electron chi connectivity index (χ1n) is 9.00. The molecule has 0 bridgehead atoms.